The number of hydrogen-bond acceptors (Lipinski definition) is 5. The standard InChI is InChI=1S/C21H15N5O/c1-3-13-5-4-6-15(9-13)25-20-19-17(11-23-12-24-19)16-8-7-14(21(27)22-2)10-18(16)26-20/h1,4-12H,2H3,(H,22,27)(H,25,26). The molecule has 2 N–H and O–H groups in total. The van der Waals surface area contributed by atoms with Gasteiger partial charge >= 0.3 is 0 Å². The lowest BCUT2D eigenvalue weighted by atomic mass is 10.1. The molecule has 6 heteroatoms. The van der Waals surface area contributed by atoms with Crippen molar-refractivity contribution in [3.05, 3.63) is 66.1 Å². The summed E-state index contributed by atoms with van der Waals surface area (Å²) in [6, 6.07) is 12.9. The Hall–Kier alpha value is -3.98. The molecule has 0 radical (unpaired) electrons. The first kappa shape index (κ1) is 16.5. The maximum Gasteiger partial charge on any atom is 0.251 e. The van der Waals surface area contributed by atoms with E-state index in [-0.39, 0.29) is 5.91 Å². The molecule has 0 spiro atoms. The highest BCUT2D eigenvalue weighted by Crippen LogP contribution is 2.29. The van der Waals surface area contributed by atoms with Crippen molar-refractivity contribution in [3.63, 3.8) is 0 Å². The molecule has 0 aliphatic heterocycles. The highest BCUT2D eigenvalue weighted by atomic mass is 16.1. The van der Waals surface area contributed by atoms with Gasteiger partial charge in [-0.2, -0.15) is 0 Å². The summed E-state index contributed by atoms with van der Waals surface area (Å²) in [7, 11) is 1.60. The summed E-state index contributed by atoms with van der Waals surface area (Å²) < 4.78 is 0. The van der Waals surface area contributed by atoms with Crippen molar-refractivity contribution in [2.75, 3.05) is 12.4 Å². The van der Waals surface area contributed by atoms with Crippen LogP contribution in [-0.2, 0) is 0 Å². The van der Waals surface area contributed by atoms with Gasteiger partial charge in [-0.1, -0.05) is 18.1 Å². The lowest BCUT2D eigenvalue weighted by Gasteiger charge is -2.11. The molecule has 0 bridgehead atoms. The molecule has 2 aromatic carbocycles. The number of rotatable bonds is 3. The zero-order chi connectivity index (χ0) is 18.8. The van der Waals surface area contributed by atoms with Gasteiger partial charge in [-0.15, -0.1) is 6.42 Å². The minimum absolute atomic E-state index is 0.167. The molecular weight excluding hydrogens is 338 g/mol. The summed E-state index contributed by atoms with van der Waals surface area (Å²) in [6.45, 7) is 0. The molecule has 1 amide bonds. The van der Waals surface area contributed by atoms with Gasteiger partial charge < -0.3 is 10.6 Å². The van der Waals surface area contributed by atoms with Crippen LogP contribution in [0, 0.1) is 12.3 Å². The van der Waals surface area contributed by atoms with Crippen molar-refractivity contribution in [2.24, 2.45) is 0 Å². The second-order valence-electron chi connectivity index (χ2n) is 5.91. The summed E-state index contributed by atoms with van der Waals surface area (Å²) in [6.07, 6.45) is 8.71. The second-order valence-corrected chi connectivity index (χ2v) is 5.91. The van der Waals surface area contributed by atoms with Gasteiger partial charge in [0.2, 0.25) is 0 Å². The first-order chi connectivity index (χ1) is 13.2. The Morgan fingerprint density at radius 1 is 1.15 bits per heavy atom. The van der Waals surface area contributed by atoms with Crippen LogP contribution in [0.2, 0.25) is 0 Å². The van der Waals surface area contributed by atoms with E-state index in [4.69, 9.17) is 11.4 Å². The van der Waals surface area contributed by atoms with Gasteiger partial charge in [0, 0.05) is 40.8 Å². The first-order valence-corrected chi connectivity index (χ1v) is 8.29. The normalized spacial score (nSPS) is 10.5. The van der Waals surface area contributed by atoms with Crippen molar-refractivity contribution in [3.8, 4) is 12.3 Å². The molecule has 0 fully saturated rings. The molecule has 6 nitrogen and oxygen atoms in total. The molecule has 130 valence electrons. The van der Waals surface area contributed by atoms with Crippen LogP contribution in [0.15, 0.2) is 55.0 Å². The van der Waals surface area contributed by atoms with Gasteiger partial charge in [-0.25, -0.2) is 15.0 Å². The van der Waals surface area contributed by atoms with Gasteiger partial charge in [0.15, 0.2) is 5.82 Å². The highest BCUT2D eigenvalue weighted by molar-refractivity contribution is 6.10. The average molecular weight is 353 g/mol. The van der Waals surface area contributed by atoms with Crippen LogP contribution in [0.5, 0.6) is 0 Å². The van der Waals surface area contributed by atoms with E-state index in [9.17, 15) is 4.79 Å². The number of fused-ring (bicyclic) bond motifs is 3. The molecule has 0 aliphatic carbocycles. The summed E-state index contributed by atoms with van der Waals surface area (Å²) >= 11 is 0. The number of benzene rings is 2. The van der Waals surface area contributed by atoms with Gasteiger partial charge in [-0.05, 0) is 30.3 Å². The second kappa shape index (κ2) is 6.73. The average Bonchev–Trinajstić information content (AvgIpc) is 2.73. The van der Waals surface area contributed by atoms with E-state index in [0.29, 0.717) is 22.4 Å². The van der Waals surface area contributed by atoms with Crippen molar-refractivity contribution in [1.29, 1.82) is 0 Å². The van der Waals surface area contributed by atoms with Crippen LogP contribution in [0.4, 0.5) is 11.5 Å². The third kappa shape index (κ3) is 3.02. The van der Waals surface area contributed by atoms with Gasteiger partial charge in [0.1, 0.15) is 11.8 Å². The minimum atomic E-state index is -0.167. The topological polar surface area (TPSA) is 79.8 Å². The minimum Gasteiger partial charge on any atom is -0.355 e. The fraction of sp³-hybridized carbons (Fsp3) is 0.0476. The fourth-order valence-electron chi connectivity index (χ4n) is 2.94. The molecule has 0 unspecified atom stereocenters. The van der Waals surface area contributed by atoms with Crippen LogP contribution >= 0.6 is 0 Å². The Labute approximate surface area is 155 Å². The van der Waals surface area contributed by atoms with Crippen LogP contribution in [0.1, 0.15) is 15.9 Å². The predicted molar refractivity (Wildman–Crippen MR) is 106 cm³/mol. The van der Waals surface area contributed by atoms with E-state index < -0.39 is 0 Å². The SMILES string of the molecule is C#Cc1cccc(Nc2nc3cc(C(=O)NC)ccc3c3cncnc23)c1. The Morgan fingerprint density at radius 3 is 2.85 bits per heavy atom. The Morgan fingerprint density at radius 2 is 2.04 bits per heavy atom. The quantitative estimate of drug-likeness (QED) is 0.436. The molecule has 0 saturated heterocycles. The van der Waals surface area contributed by atoms with E-state index in [1.807, 2.05) is 30.3 Å². The fourth-order valence-corrected chi connectivity index (χ4v) is 2.94. The molecule has 2 aromatic heterocycles. The van der Waals surface area contributed by atoms with Crippen molar-refractivity contribution in [2.45, 2.75) is 0 Å². The zero-order valence-electron chi connectivity index (χ0n) is 14.5. The lowest BCUT2D eigenvalue weighted by molar-refractivity contribution is 0.0963. The third-order valence-corrected chi connectivity index (χ3v) is 4.24. The van der Waals surface area contributed by atoms with E-state index in [1.54, 1.807) is 25.4 Å². The monoisotopic (exact) mass is 353 g/mol. The predicted octanol–water partition coefficient (Wildman–Crippen LogP) is 3.26. The lowest BCUT2D eigenvalue weighted by Crippen LogP contribution is -2.17. The molecule has 0 saturated carbocycles. The van der Waals surface area contributed by atoms with Gasteiger partial charge in [-0.3, -0.25) is 4.79 Å². The van der Waals surface area contributed by atoms with Crippen LogP contribution in [0.25, 0.3) is 21.8 Å². The number of carbonyl (C=O) groups excluding carboxylic acids is 1. The van der Waals surface area contributed by atoms with Crippen LogP contribution in [-0.4, -0.2) is 27.9 Å². The molecular formula is C21H15N5O. The summed E-state index contributed by atoms with van der Waals surface area (Å²) in [4.78, 5) is 25.2. The number of terminal acetylenes is 1. The van der Waals surface area contributed by atoms with Crippen molar-refractivity contribution >= 4 is 39.2 Å². The molecule has 2 heterocycles. The number of amides is 1. The number of nitrogens with zero attached hydrogens (tertiary/aromatic N) is 3. The van der Waals surface area contributed by atoms with Crippen molar-refractivity contribution < 1.29 is 4.79 Å². The van der Waals surface area contributed by atoms with Gasteiger partial charge in [0.25, 0.3) is 5.91 Å². The number of hydrogen-bond donors (Lipinski definition) is 2. The molecule has 27 heavy (non-hydrogen) atoms. The van der Waals surface area contributed by atoms with E-state index >= 15 is 0 Å². The Kier molecular flexibility index (Phi) is 4.11. The van der Waals surface area contributed by atoms with E-state index in [1.165, 1.54) is 6.33 Å². The summed E-state index contributed by atoms with van der Waals surface area (Å²) in [5.41, 5.74) is 3.47. The summed E-state index contributed by atoms with van der Waals surface area (Å²) in [5.74, 6) is 3.02. The maximum absolute atomic E-state index is 12.0. The molecule has 0 atom stereocenters. The molecule has 4 rings (SSSR count). The van der Waals surface area contributed by atoms with E-state index in [2.05, 4.69) is 26.5 Å². The third-order valence-electron chi connectivity index (χ3n) is 4.24. The van der Waals surface area contributed by atoms with E-state index in [0.717, 1.165) is 22.0 Å². The van der Waals surface area contributed by atoms with Crippen LogP contribution in [0.3, 0.4) is 0 Å². The number of anilines is 2. The summed E-state index contributed by atoms with van der Waals surface area (Å²) in [5, 5.41) is 7.63. The van der Waals surface area contributed by atoms with Crippen LogP contribution < -0.4 is 10.6 Å². The zero-order valence-corrected chi connectivity index (χ0v) is 14.5. The Bertz CT molecular complexity index is 1230. The first-order valence-electron chi connectivity index (χ1n) is 8.29. The molecule has 4 aromatic rings. The Balaban J connectivity index is 1.91. The smallest absolute Gasteiger partial charge is 0.251 e. The number of aromatic nitrogens is 3. The van der Waals surface area contributed by atoms with Gasteiger partial charge in [0.05, 0.1) is 5.52 Å². The number of nitrogens with one attached hydrogen (secondary N) is 2. The molecule has 0 aliphatic rings. The highest BCUT2D eigenvalue weighted by Gasteiger charge is 2.12. The van der Waals surface area contributed by atoms with Crippen molar-refractivity contribution in [1.82, 2.24) is 20.3 Å². The largest absolute Gasteiger partial charge is 0.355 e. The maximum atomic E-state index is 12.0. The number of pyridine rings is 1. The number of carbonyl (C=O) groups is 1.